The maximum atomic E-state index is 11.3. The van der Waals surface area contributed by atoms with Crippen molar-refractivity contribution in [2.45, 2.75) is 33.6 Å². The standard InChI is InChI=1S/C11H16OS/c1-8(2)11(12)5-4-10-6-9(3)13-7-10/h6-8H,4-5H2,1-3H3. The van der Waals surface area contributed by atoms with Crippen LogP contribution in [0.15, 0.2) is 11.4 Å². The number of rotatable bonds is 4. The van der Waals surface area contributed by atoms with Gasteiger partial charge in [0.1, 0.15) is 5.78 Å². The Kier molecular flexibility index (Phi) is 3.67. The van der Waals surface area contributed by atoms with Gasteiger partial charge in [0.15, 0.2) is 0 Å². The number of hydrogen-bond acceptors (Lipinski definition) is 2. The van der Waals surface area contributed by atoms with E-state index in [-0.39, 0.29) is 5.92 Å². The monoisotopic (exact) mass is 196 g/mol. The highest BCUT2D eigenvalue weighted by atomic mass is 32.1. The van der Waals surface area contributed by atoms with Crippen molar-refractivity contribution in [2.24, 2.45) is 5.92 Å². The lowest BCUT2D eigenvalue weighted by molar-refractivity contribution is -0.121. The summed E-state index contributed by atoms with van der Waals surface area (Å²) < 4.78 is 0. The van der Waals surface area contributed by atoms with E-state index in [1.165, 1.54) is 10.4 Å². The normalized spacial score (nSPS) is 10.8. The van der Waals surface area contributed by atoms with Gasteiger partial charge in [-0.3, -0.25) is 4.79 Å². The number of carbonyl (C=O) groups is 1. The molecule has 0 radical (unpaired) electrons. The number of aryl methyl sites for hydroxylation is 2. The summed E-state index contributed by atoms with van der Waals surface area (Å²) in [7, 11) is 0. The minimum Gasteiger partial charge on any atom is -0.299 e. The van der Waals surface area contributed by atoms with E-state index in [9.17, 15) is 4.79 Å². The molecular formula is C11H16OS. The molecule has 1 rings (SSSR count). The molecule has 1 aromatic rings. The minimum atomic E-state index is 0.180. The Labute approximate surface area is 83.8 Å². The van der Waals surface area contributed by atoms with Crippen molar-refractivity contribution in [3.05, 3.63) is 21.9 Å². The lowest BCUT2D eigenvalue weighted by Crippen LogP contribution is -2.07. The van der Waals surface area contributed by atoms with Gasteiger partial charge >= 0.3 is 0 Å². The molecule has 0 unspecified atom stereocenters. The molecule has 2 heteroatoms. The van der Waals surface area contributed by atoms with E-state index >= 15 is 0 Å². The second-order valence-electron chi connectivity index (χ2n) is 3.69. The summed E-state index contributed by atoms with van der Waals surface area (Å²) in [4.78, 5) is 12.7. The van der Waals surface area contributed by atoms with Crippen LogP contribution < -0.4 is 0 Å². The van der Waals surface area contributed by atoms with Crippen LogP contribution in [0.2, 0.25) is 0 Å². The summed E-state index contributed by atoms with van der Waals surface area (Å²) in [6.45, 7) is 6.01. The van der Waals surface area contributed by atoms with Gasteiger partial charge < -0.3 is 0 Å². The van der Waals surface area contributed by atoms with Crippen LogP contribution in [0.5, 0.6) is 0 Å². The Bertz CT molecular complexity index is 286. The largest absolute Gasteiger partial charge is 0.299 e. The molecule has 0 spiro atoms. The lowest BCUT2D eigenvalue weighted by atomic mass is 10.0. The first-order valence-corrected chi connectivity index (χ1v) is 5.54. The molecule has 0 fully saturated rings. The highest BCUT2D eigenvalue weighted by molar-refractivity contribution is 7.10. The van der Waals surface area contributed by atoms with Crippen molar-refractivity contribution in [1.29, 1.82) is 0 Å². The first kappa shape index (κ1) is 10.5. The fourth-order valence-corrected chi connectivity index (χ4v) is 1.93. The van der Waals surface area contributed by atoms with E-state index in [4.69, 9.17) is 0 Å². The zero-order chi connectivity index (χ0) is 9.84. The van der Waals surface area contributed by atoms with Crippen LogP contribution in [-0.4, -0.2) is 5.78 Å². The topological polar surface area (TPSA) is 17.1 Å². The molecule has 0 amide bonds. The molecule has 13 heavy (non-hydrogen) atoms. The van der Waals surface area contributed by atoms with Crippen molar-refractivity contribution in [1.82, 2.24) is 0 Å². The van der Waals surface area contributed by atoms with Gasteiger partial charge in [-0.25, -0.2) is 0 Å². The first-order chi connectivity index (χ1) is 6.09. The smallest absolute Gasteiger partial charge is 0.135 e. The van der Waals surface area contributed by atoms with E-state index in [1.807, 2.05) is 13.8 Å². The molecule has 0 saturated heterocycles. The molecular weight excluding hydrogens is 180 g/mol. The molecule has 0 bridgehead atoms. The van der Waals surface area contributed by atoms with Crippen molar-refractivity contribution in [3.8, 4) is 0 Å². The summed E-state index contributed by atoms with van der Waals surface area (Å²) in [5.41, 5.74) is 1.30. The highest BCUT2D eigenvalue weighted by Crippen LogP contribution is 2.15. The van der Waals surface area contributed by atoms with Gasteiger partial charge in [0.05, 0.1) is 0 Å². The maximum Gasteiger partial charge on any atom is 0.135 e. The Hall–Kier alpha value is -0.630. The van der Waals surface area contributed by atoms with Crippen molar-refractivity contribution >= 4 is 17.1 Å². The van der Waals surface area contributed by atoms with Crippen molar-refractivity contribution in [3.63, 3.8) is 0 Å². The van der Waals surface area contributed by atoms with Gasteiger partial charge in [0.2, 0.25) is 0 Å². The summed E-state index contributed by atoms with van der Waals surface area (Å²) in [6, 6.07) is 2.16. The van der Waals surface area contributed by atoms with Gasteiger partial charge in [-0.05, 0) is 30.4 Å². The molecule has 0 atom stereocenters. The second-order valence-corrected chi connectivity index (χ2v) is 4.80. The molecule has 0 N–H and O–H groups in total. The molecule has 1 nitrogen and oxygen atoms in total. The molecule has 0 aliphatic rings. The average Bonchev–Trinajstić information content (AvgIpc) is 2.47. The number of thiophene rings is 1. The quantitative estimate of drug-likeness (QED) is 0.722. The summed E-state index contributed by atoms with van der Waals surface area (Å²) >= 11 is 1.75. The number of carbonyl (C=O) groups excluding carboxylic acids is 1. The molecule has 1 heterocycles. The predicted molar refractivity (Wildman–Crippen MR) is 57.2 cm³/mol. The summed E-state index contributed by atoms with van der Waals surface area (Å²) in [5, 5.41) is 2.14. The Morgan fingerprint density at radius 1 is 1.54 bits per heavy atom. The Morgan fingerprint density at radius 2 is 2.23 bits per heavy atom. The third-order valence-electron chi connectivity index (χ3n) is 2.09. The molecule has 0 aliphatic heterocycles. The van der Waals surface area contributed by atoms with Crippen LogP contribution in [0.4, 0.5) is 0 Å². The maximum absolute atomic E-state index is 11.3. The van der Waals surface area contributed by atoms with Crippen LogP contribution in [-0.2, 0) is 11.2 Å². The zero-order valence-corrected chi connectivity index (χ0v) is 9.28. The molecule has 1 aromatic heterocycles. The van der Waals surface area contributed by atoms with Crippen LogP contribution >= 0.6 is 11.3 Å². The molecule has 72 valence electrons. The van der Waals surface area contributed by atoms with E-state index in [1.54, 1.807) is 11.3 Å². The second kappa shape index (κ2) is 4.56. The van der Waals surface area contributed by atoms with Crippen LogP contribution in [0, 0.1) is 12.8 Å². The zero-order valence-electron chi connectivity index (χ0n) is 8.46. The SMILES string of the molecule is Cc1cc(CCC(=O)C(C)C)cs1. The lowest BCUT2D eigenvalue weighted by Gasteiger charge is -2.01. The number of hydrogen-bond donors (Lipinski definition) is 0. The summed E-state index contributed by atoms with van der Waals surface area (Å²) in [6.07, 6.45) is 1.59. The van der Waals surface area contributed by atoms with Gasteiger partial charge in [0, 0.05) is 17.2 Å². The molecule has 0 aromatic carbocycles. The third-order valence-corrected chi connectivity index (χ3v) is 3.00. The van der Waals surface area contributed by atoms with Gasteiger partial charge in [-0.15, -0.1) is 11.3 Å². The molecule has 0 aliphatic carbocycles. The Morgan fingerprint density at radius 3 is 2.69 bits per heavy atom. The summed E-state index contributed by atoms with van der Waals surface area (Å²) in [5.74, 6) is 0.545. The van der Waals surface area contributed by atoms with E-state index in [0.717, 1.165) is 6.42 Å². The van der Waals surface area contributed by atoms with Crippen LogP contribution in [0.25, 0.3) is 0 Å². The van der Waals surface area contributed by atoms with E-state index in [2.05, 4.69) is 18.4 Å². The third kappa shape index (κ3) is 3.31. The Balaban J connectivity index is 2.39. The van der Waals surface area contributed by atoms with Gasteiger partial charge in [-0.1, -0.05) is 13.8 Å². The van der Waals surface area contributed by atoms with E-state index in [0.29, 0.717) is 12.2 Å². The fraction of sp³-hybridized carbons (Fsp3) is 0.545. The van der Waals surface area contributed by atoms with Gasteiger partial charge in [0.25, 0.3) is 0 Å². The highest BCUT2D eigenvalue weighted by Gasteiger charge is 2.07. The van der Waals surface area contributed by atoms with E-state index < -0.39 is 0 Å². The van der Waals surface area contributed by atoms with Crippen molar-refractivity contribution in [2.75, 3.05) is 0 Å². The average molecular weight is 196 g/mol. The number of Topliss-reactive ketones (excluding diaryl/α,β-unsaturated/α-hetero) is 1. The minimum absolute atomic E-state index is 0.180. The predicted octanol–water partition coefficient (Wildman–Crippen LogP) is 3.21. The fourth-order valence-electron chi connectivity index (χ4n) is 1.19. The van der Waals surface area contributed by atoms with Crippen LogP contribution in [0.3, 0.4) is 0 Å². The van der Waals surface area contributed by atoms with Crippen molar-refractivity contribution < 1.29 is 4.79 Å². The molecule has 0 saturated carbocycles. The first-order valence-electron chi connectivity index (χ1n) is 4.66. The van der Waals surface area contributed by atoms with Gasteiger partial charge in [-0.2, -0.15) is 0 Å². The number of ketones is 1. The van der Waals surface area contributed by atoms with Crippen LogP contribution in [0.1, 0.15) is 30.7 Å².